The Labute approximate surface area is 232 Å². The number of hydrogen-bond acceptors (Lipinski definition) is 7. The second-order valence-corrected chi connectivity index (χ2v) is 9.78. The van der Waals surface area contributed by atoms with Crippen LogP contribution in [0.25, 0.3) is 22.2 Å². The van der Waals surface area contributed by atoms with Crippen molar-refractivity contribution in [2.45, 2.75) is 6.54 Å². The second kappa shape index (κ2) is 11.3. The number of hydrogen-bond donors (Lipinski definition) is 1. The summed E-state index contributed by atoms with van der Waals surface area (Å²) in [6.07, 6.45) is 5.60. The predicted octanol–water partition coefficient (Wildman–Crippen LogP) is 5.14. The molecule has 0 bridgehead atoms. The first-order chi connectivity index (χ1) is 19.6. The van der Waals surface area contributed by atoms with Gasteiger partial charge in [-0.25, -0.2) is 4.98 Å². The van der Waals surface area contributed by atoms with Gasteiger partial charge in [0.15, 0.2) is 0 Å². The fourth-order valence-electron chi connectivity index (χ4n) is 4.90. The van der Waals surface area contributed by atoms with Crippen molar-refractivity contribution in [2.75, 3.05) is 36.4 Å². The van der Waals surface area contributed by atoms with Crippen LogP contribution in [0.5, 0.6) is 0 Å². The highest BCUT2D eigenvalue weighted by molar-refractivity contribution is 6.04. The molecule has 0 unspecified atom stereocenters. The Bertz CT molecular complexity index is 1690. The lowest BCUT2D eigenvalue weighted by molar-refractivity contribution is 0.102. The number of nitrogens with one attached hydrogen (secondary N) is 1. The van der Waals surface area contributed by atoms with Crippen LogP contribution in [0.2, 0.25) is 0 Å². The van der Waals surface area contributed by atoms with E-state index in [0.717, 1.165) is 60.7 Å². The minimum atomic E-state index is -0.253. The molecule has 6 rings (SSSR count). The van der Waals surface area contributed by atoms with Crippen molar-refractivity contribution in [1.29, 1.82) is 5.26 Å². The van der Waals surface area contributed by atoms with Gasteiger partial charge in [0, 0.05) is 56.4 Å². The van der Waals surface area contributed by atoms with Crippen LogP contribution in [0.15, 0.2) is 97.5 Å². The molecule has 0 atom stereocenters. The molecular formula is C32H27N7O. The number of nitrogens with zero attached hydrogens (tertiary/aromatic N) is 6. The highest BCUT2D eigenvalue weighted by Gasteiger charge is 2.19. The number of aromatic nitrogens is 3. The summed E-state index contributed by atoms with van der Waals surface area (Å²) < 4.78 is 0. The predicted molar refractivity (Wildman–Crippen MR) is 156 cm³/mol. The lowest BCUT2D eigenvalue weighted by atomic mass is 10.0. The third-order valence-corrected chi connectivity index (χ3v) is 7.08. The maximum absolute atomic E-state index is 12.6. The molecule has 3 heterocycles. The van der Waals surface area contributed by atoms with Crippen molar-refractivity contribution in [3.8, 4) is 17.2 Å². The number of nitriles is 1. The summed E-state index contributed by atoms with van der Waals surface area (Å²) in [5.74, 6) is 0.639. The van der Waals surface area contributed by atoms with Gasteiger partial charge in [0.1, 0.15) is 5.82 Å². The smallest absolute Gasteiger partial charge is 0.255 e. The number of anilines is 2. The fourth-order valence-corrected chi connectivity index (χ4v) is 4.90. The number of piperazine rings is 1. The lowest BCUT2D eigenvalue weighted by Crippen LogP contribution is -2.46. The van der Waals surface area contributed by atoms with Crippen molar-refractivity contribution in [2.24, 2.45) is 0 Å². The van der Waals surface area contributed by atoms with Crippen molar-refractivity contribution < 1.29 is 4.79 Å². The molecule has 1 amide bonds. The maximum Gasteiger partial charge on any atom is 0.255 e. The topological polar surface area (TPSA) is 98.0 Å². The quantitative estimate of drug-likeness (QED) is 0.328. The Hall–Kier alpha value is -5.13. The monoisotopic (exact) mass is 525 g/mol. The van der Waals surface area contributed by atoms with Crippen LogP contribution < -0.4 is 10.2 Å². The molecule has 0 spiro atoms. The van der Waals surface area contributed by atoms with Gasteiger partial charge in [0.25, 0.3) is 5.91 Å². The number of rotatable bonds is 6. The highest BCUT2D eigenvalue weighted by Crippen LogP contribution is 2.26. The minimum Gasteiger partial charge on any atom is -0.353 e. The Morgan fingerprint density at radius 2 is 1.70 bits per heavy atom. The second-order valence-electron chi connectivity index (χ2n) is 9.78. The van der Waals surface area contributed by atoms with Gasteiger partial charge in [-0.05, 0) is 65.2 Å². The van der Waals surface area contributed by atoms with E-state index < -0.39 is 0 Å². The molecule has 1 saturated heterocycles. The number of carbonyl (C=O) groups is 1. The van der Waals surface area contributed by atoms with Gasteiger partial charge in [0.2, 0.25) is 0 Å². The van der Waals surface area contributed by atoms with E-state index in [9.17, 15) is 4.79 Å². The van der Waals surface area contributed by atoms with Crippen LogP contribution in [-0.4, -0.2) is 51.9 Å². The van der Waals surface area contributed by atoms with Gasteiger partial charge in [0.05, 0.1) is 28.9 Å². The molecule has 40 heavy (non-hydrogen) atoms. The van der Waals surface area contributed by atoms with Crippen LogP contribution in [0.4, 0.5) is 11.5 Å². The summed E-state index contributed by atoms with van der Waals surface area (Å²) in [5.41, 5.74) is 6.56. The zero-order valence-corrected chi connectivity index (χ0v) is 21.9. The summed E-state index contributed by atoms with van der Waals surface area (Å²) in [6.45, 7) is 4.62. The van der Waals surface area contributed by atoms with Gasteiger partial charge < -0.3 is 10.2 Å². The third kappa shape index (κ3) is 5.65. The molecule has 1 N–H and O–H groups in total. The highest BCUT2D eigenvalue weighted by atomic mass is 16.1. The maximum atomic E-state index is 12.6. The Balaban J connectivity index is 1.13. The molecule has 5 aromatic rings. The van der Waals surface area contributed by atoms with Crippen LogP contribution in [-0.2, 0) is 6.54 Å². The first-order valence-corrected chi connectivity index (χ1v) is 13.2. The summed E-state index contributed by atoms with van der Waals surface area (Å²) in [6, 6.07) is 26.6. The zero-order chi connectivity index (χ0) is 27.3. The fraction of sp³-hybridized carbons (Fsp3) is 0.156. The first-order valence-electron chi connectivity index (χ1n) is 13.2. The van der Waals surface area contributed by atoms with E-state index in [1.807, 2.05) is 54.9 Å². The van der Waals surface area contributed by atoms with Gasteiger partial charge in [-0.2, -0.15) is 5.26 Å². The Morgan fingerprint density at radius 1 is 0.875 bits per heavy atom. The number of benzene rings is 3. The standard InChI is InChI=1S/C32H27N7O/c33-19-23-3-1-5-27(17-23)32(40)36-28-9-6-25(7-10-28)26-8-11-29-30(18-26)37-31(21-35-29)39-15-13-38(14-16-39)22-24-4-2-12-34-20-24/h1-12,17-18,20-21H,13-16,22H2,(H,36,40). The van der Waals surface area contributed by atoms with E-state index in [4.69, 9.17) is 10.2 Å². The molecule has 8 nitrogen and oxygen atoms in total. The molecule has 0 radical (unpaired) electrons. The van der Waals surface area contributed by atoms with E-state index in [1.165, 1.54) is 5.56 Å². The minimum absolute atomic E-state index is 0.253. The van der Waals surface area contributed by atoms with E-state index in [-0.39, 0.29) is 5.91 Å². The van der Waals surface area contributed by atoms with E-state index in [1.54, 1.807) is 30.5 Å². The average molecular weight is 526 g/mol. The molecular weight excluding hydrogens is 498 g/mol. The van der Waals surface area contributed by atoms with Crippen molar-refractivity contribution >= 4 is 28.4 Å². The van der Waals surface area contributed by atoms with E-state index >= 15 is 0 Å². The molecule has 1 fully saturated rings. The Morgan fingerprint density at radius 3 is 2.48 bits per heavy atom. The Kier molecular flexibility index (Phi) is 7.12. The van der Waals surface area contributed by atoms with Gasteiger partial charge in [-0.3, -0.25) is 19.7 Å². The lowest BCUT2D eigenvalue weighted by Gasteiger charge is -2.35. The number of fused-ring (bicyclic) bond motifs is 1. The third-order valence-electron chi connectivity index (χ3n) is 7.08. The summed E-state index contributed by atoms with van der Waals surface area (Å²) in [4.78, 5) is 31.2. The van der Waals surface area contributed by atoms with Gasteiger partial charge in [-0.1, -0.05) is 30.3 Å². The van der Waals surface area contributed by atoms with Crippen molar-refractivity contribution in [1.82, 2.24) is 19.9 Å². The number of carbonyl (C=O) groups excluding carboxylic acids is 1. The molecule has 2 aromatic heterocycles. The van der Waals surface area contributed by atoms with E-state index in [2.05, 4.69) is 43.3 Å². The number of pyridine rings is 1. The van der Waals surface area contributed by atoms with Gasteiger partial charge in [-0.15, -0.1) is 0 Å². The van der Waals surface area contributed by atoms with E-state index in [0.29, 0.717) is 16.8 Å². The largest absolute Gasteiger partial charge is 0.353 e. The van der Waals surface area contributed by atoms with Crippen LogP contribution >= 0.6 is 0 Å². The molecule has 0 aliphatic carbocycles. The first kappa shape index (κ1) is 25.2. The SMILES string of the molecule is N#Cc1cccc(C(=O)Nc2ccc(-c3ccc4ncc(N5CCN(Cc6cccnc6)CC5)nc4c3)cc2)c1. The molecule has 0 saturated carbocycles. The number of amides is 1. The summed E-state index contributed by atoms with van der Waals surface area (Å²) in [5, 5.41) is 12.0. The molecule has 1 aliphatic rings. The summed E-state index contributed by atoms with van der Waals surface area (Å²) in [7, 11) is 0. The van der Waals surface area contributed by atoms with Crippen molar-refractivity contribution in [3.05, 3.63) is 114 Å². The van der Waals surface area contributed by atoms with Crippen LogP contribution in [0, 0.1) is 11.3 Å². The average Bonchev–Trinajstić information content (AvgIpc) is 3.02. The zero-order valence-electron chi connectivity index (χ0n) is 21.9. The summed E-state index contributed by atoms with van der Waals surface area (Å²) >= 11 is 0. The molecule has 3 aromatic carbocycles. The normalized spacial score (nSPS) is 13.6. The van der Waals surface area contributed by atoms with Crippen molar-refractivity contribution in [3.63, 3.8) is 0 Å². The molecule has 8 heteroatoms. The van der Waals surface area contributed by atoms with Crippen LogP contribution in [0.3, 0.4) is 0 Å². The molecule has 196 valence electrons. The van der Waals surface area contributed by atoms with Crippen LogP contribution in [0.1, 0.15) is 21.5 Å². The molecule has 1 aliphatic heterocycles. The van der Waals surface area contributed by atoms with Gasteiger partial charge >= 0.3 is 0 Å².